The van der Waals surface area contributed by atoms with Crippen LogP contribution in [-0.4, -0.2) is 34.8 Å². The van der Waals surface area contributed by atoms with Gasteiger partial charge in [-0.15, -0.1) is 11.3 Å². The predicted molar refractivity (Wildman–Crippen MR) is 110 cm³/mol. The molecule has 8 heteroatoms. The van der Waals surface area contributed by atoms with E-state index < -0.39 is 23.2 Å². The van der Waals surface area contributed by atoms with Crippen molar-refractivity contribution in [3.05, 3.63) is 59.1 Å². The molecule has 0 aliphatic rings. The Labute approximate surface area is 171 Å². The van der Waals surface area contributed by atoms with E-state index in [1.54, 1.807) is 18.3 Å². The maximum atomic E-state index is 13.7. The lowest BCUT2D eigenvalue weighted by Gasteiger charge is -2.20. The monoisotopic (exact) mass is 417 g/mol. The van der Waals surface area contributed by atoms with Gasteiger partial charge in [0.25, 0.3) is 0 Å². The number of carbonyl (C=O) groups is 2. The Bertz CT molecular complexity index is 969. The number of anilines is 1. The molecule has 3 rings (SSSR count). The minimum atomic E-state index is -0.858. The van der Waals surface area contributed by atoms with Crippen LogP contribution in [0.5, 0.6) is 0 Å². The highest BCUT2D eigenvalue weighted by atomic mass is 32.1. The van der Waals surface area contributed by atoms with E-state index in [0.717, 1.165) is 27.4 Å². The van der Waals surface area contributed by atoms with Crippen molar-refractivity contribution >= 4 is 39.1 Å². The smallest absolute Gasteiger partial charge is 0.244 e. The highest BCUT2D eigenvalue weighted by Crippen LogP contribution is 2.23. The number of amides is 2. The van der Waals surface area contributed by atoms with Crippen LogP contribution in [0.1, 0.15) is 24.8 Å². The molecule has 0 unspecified atom stereocenters. The number of hydrogen-bond acceptors (Lipinski definition) is 4. The normalized spacial score (nSPS) is 10.9. The van der Waals surface area contributed by atoms with Gasteiger partial charge in [-0.1, -0.05) is 18.2 Å². The van der Waals surface area contributed by atoms with Crippen LogP contribution in [0.2, 0.25) is 0 Å². The first kappa shape index (κ1) is 20.9. The van der Waals surface area contributed by atoms with Gasteiger partial charge < -0.3 is 10.2 Å². The van der Waals surface area contributed by atoms with Crippen LogP contribution < -0.4 is 5.32 Å². The highest BCUT2D eigenvalue weighted by Gasteiger charge is 2.18. The molecule has 29 heavy (non-hydrogen) atoms. The zero-order valence-electron chi connectivity index (χ0n) is 16.0. The van der Waals surface area contributed by atoms with Crippen LogP contribution in [-0.2, 0) is 16.0 Å². The molecule has 0 aliphatic carbocycles. The van der Waals surface area contributed by atoms with E-state index in [0.29, 0.717) is 19.4 Å². The summed E-state index contributed by atoms with van der Waals surface area (Å²) in [6, 6.07) is 11.2. The zero-order valence-corrected chi connectivity index (χ0v) is 16.8. The van der Waals surface area contributed by atoms with E-state index >= 15 is 0 Å². The fraction of sp³-hybridized carbons (Fsp3) is 0.286. The lowest BCUT2D eigenvalue weighted by atomic mass is 10.2. The van der Waals surface area contributed by atoms with Crippen LogP contribution in [0.4, 0.5) is 14.5 Å². The van der Waals surface area contributed by atoms with Crippen molar-refractivity contribution in [3.63, 3.8) is 0 Å². The number of thiazole rings is 1. The summed E-state index contributed by atoms with van der Waals surface area (Å²) in [6.07, 6.45) is 1.55. The number of likely N-dealkylation sites (N-methyl/N-ethyl adjacent to an activating group) is 1. The number of aromatic nitrogens is 1. The lowest BCUT2D eigenvalue weighted by molar-refractivity contribution is -0.134. The molecule has 0 saturated heterocycles. The second kappa shape index (κ2) is 9.56. The van der Waals surface area contributed by atoms with Gasteiger partial charge in [0.05, 0.1) is 21.8 Å². The number of hydrogen-bond donors (Lipinski definition) is 1. The van der Waals surface area contributed by atoms with E-state index in [2.05, 4.69) is 10.3 Å². The quantitative estimate of drug-likeness (QED) is 0.592. The van der Waals surface area contributed by atoms with Gasteiger partial charge in [-0.25, -0.2) is 13.8 Å². The third kappa shape index (κ3) is 5.35. The standard InChI is InChI=1S/C21H21F2N3O2S/c1-2-26(13-18(27)25-21-14(22)7-5-8-15(21)23)20(28)12-6-11-19-24-16-9-3-4-10-17(16)29-19/h3-5,7-10H,2,6,11-13H2,1H3,(H,25,27). The van der Waals surface area contributed by atoms with Gasteiger partial charge in [0, 0.05) is 13.0 Å². The van der Waals surface area contributed by atoms with Crippen molar-refractivity contribution < 1.29 is 18.4 Å². The average molecular weight is 417 g/mol. The lowest BCUT2D eigenvalue weighted by Crippen LogP contribution is -2.38. The van der Waals surface area contributed by atoms with E-state index in [4.69, 9.17) is 0 Å². The largest absolute Gasteiger partial charge is 0.334 e. The maximum Gasteiger partial charge on any atom is 0.244 e. The Morgan fingerprint density at radius 3 is 2.52 bits per heavy atom. The molecule has 1 N–H and O–H groups in total. The fourth-order valence-corrected chi connectivity index (χ4v) is 3.93. The summed E-state index contributed by atoms with van der Waals surface area (Å²) in [5, 5.41) is 3.17. The summed E-state index contributed by atoms with van der Waals surface area (Å²) >= 11 is 1.61. The molecule has 2 aromatic carbocycles. The Balaban J connectivity index is 1.51. The van der Waals surface area contributed by atoms with Gasteiger partial charge in [-0.05, 0) is 44.0 Å². The number of carbonyl (C=O) groups excluding carboxylic acids is 2. The molecule has 0 atom stereocenters. The molecule has 0 bridgehead atoms. The molecule has 2 amide bonds. The van der Waals surface area contributed by atoms with Crippen LogP contribution in [0.3, 0.4) is 0 Å². The Kier molecular flexibility index (Phi) is 6.87. The SMILES string of the molecule is CCN(CC(=O)Nc1c(F)cccc1F)C(=O)CCCc1nc2ccccc2s1. The Hall–Kier alpha value is -2.87. The van der Waals surface area contributed by atoms with E-state index in [-0.39, 0.29) is 18.9 Å². The summed E-state index contributed by atoms with van der Waals surface area (Å²) in [5.74, 6) is -2.54. The first-order chi connectivity index (χ1) is 14.0. The van der Waals surface area contributed by atoms with Crippen LogP contribution in [0.25, 0.3) is 10.2 Å². The summed E-state index contributed by atoms with van der Waals surface area (Å²) < 4.78 is 28.4. The molecular formula is C21H21F2N3O2S. The number of halogens is 2. The van der Waals surface area contributed by atoms with E-state index in [1.165, 1.54) is 11.0 Å². The third-order valence-electron chi connectivity index (χ3n) is 4.42. The van der Waals surface area contributed by atoms with Crippen molar-refractivity contribution in [1.82, 2.24) is 9.88 Å². The van der Waals surface area contributed by atoms with Gasteiger partial charge in [-0.3, -0.25) is 9.59 Å². The second-order valence-corrected chi connectivity index (χ2v) is 7.60. The van der Waals surface area contributed by atoms with Crippen molar-refractivity contribution in [1.29, 1.82) is 0 Å². The fourth-order valence-electron chi connectivity index (χ4n) is 2.92. The third-order valence-corrected chi connectivity index (χ3v) is 5.51. The molecule has 0 fully saturated rings. The van der Waals surface area contributed by atoms with Crippen molar-refractivity contribution in [2.45, 2.75) is 26.2 Å². The summed E-state index contributed by atoms with van der Waals surface area (Å²) in [5.41, 5.74) is 0.447. The molecule has 1 aromatic heterocycles. The maximum absolute atomic E-state index is 13.7. The van der Waals surface area contributed by atoms with Crippen molar-refractivity contribution in [3.8, 4) is 0 Å². The topological polar surface area (TPSA) is 62.3 Å². The minimum absolute atomic E-state index is 0.183. The van der Waals surface area contributed by atoms with Gasteiger partial charge in [-0.2, -0.15) is 0 Å². The summed E-state index contributed by atoms with van der Waals surface area (Å²) in [7, 11) is 0. The molecule has 152 valence electrons. The number of nitrogens with one attached hydrogen (secondary N) is 1. The number of nitrogens with zero attached hydrogens (tertiary/aromatic N) is 2. The molecular weight excluding hydrogens is 396 g/mol. The molecule has 0 aliphatic heterocycles. The van der Waals surface area contributed by atoms with Crippen LogP contribution in [0, 0.1) is 11.6 Å². The molecule has 3 aromatic rings. The number of fused-ring (bicyclic) bond motifs is 1. The summed E-state index contributed by atoms with van der Waals surface area (Å²) in [4.78, 5) is 30.5. The molecule has 0 radical (unpaired) electrons. The molecule has 1 heterocycles. The van der Waals surface area contributed by atoms with Gasteiger partial charge >= 0.3 is 0 Å². The summed E-state index contributed by atoms with van der Waals surface area (Å²) in [6.45, 7) is 1.82. The molecule has 5 nitrogen and oxygen atoms in total. The Morgan fingerprint density at radius 2 is 1.83 bits per heavy atom. The number of aryl methyl sites for hydroxylation is 1. The number of benzene rings is 2. The Morgan fingerprint density at radius 1 is 1.10 bits per heavy atom. The highest BCUT2D eigenvalue weighted by molar-refractivity contribution is 7.18. The number of para-hydroxylation sites is 2. The second-order valence-electron chi connectivity index (χ2n) is 6.48. The first-order valence-corrected chi connectivity index (χ1v) is 10.2. The van der Waals surface area contributed by atoms with Crippen molar-refractivity contribution in [2.24, 2.45) is 0 Å². The predicted octanol–water partition coefficient (Wildman–Crippen LogP) is 4.38. The van der Waals surface area contributed by atoms with E-state index in [9.17, 15) is 18.4 Å². The molecule has 0 spiro atoms. The zero-order chi connectivity index (χ0) is 20.8. The van der Waals surface area contributed by atoms with Gasteiger partial charge in [0.1, 0.15) is 17.3 Å². The van der Waals surface area contributed by atoms with Crippen molar-refractivity contribution in [2.75, 3.05) is 18.4 Å². The first-order valence-electron chi connectivity index (χ1n) is 9.34. The van der Waals surface area contributed by atoms with E-state index in [1.807, 2.05) is 24.3 Å². The van der Waals surface area contributed by atoms with Gasteiger partial charge in [0.2, 0.25) is 11.8 Å². The van der Waals surface area contributed by atoms with Crippen LogP contribution in [0.15, 0.2) is 42.5 Å². The molecule has 0 saturated carbocycles. The number of rotatable bonds is 8. The minimum Gasteiger partial charge on any atom is -0.334 e. The van der Waals surface area contributed by atoms with Gasteiger partial charge in [0.15, 0.2) is 0 Å². The van der Waals surface area contributed by atoms with Crippen LogP contribution >= 0.6 is 11.3 Å². The average Bonchev–Trinajstić information content (AvgIpc) is 3.11.